The lowest BCUT2D eigenvalue weighted by atomic mass is 10.3. The van der Waals surface area contributed by atoms with Gasteiger partial charge in [0.15, 0.2) is 5.36 Å². The normalized spacial score (nSPS) is 12.2. The van der Waals surface area contributed by atoms with Gasteiger partial charge in [0.1, 0.15) is 27.8 Å². The summed E-state index contributed by atoms with van der Waals surface area (Å²) in [4.78, 5) is 24.4. The standard InChI is InChI=1S/C15H12N8O2S/c1-8-9(7-16)15(26-22-8)21-18-10-3-4-11(24)13(14(10)25)20-19-12-5-6-17-23(12)2/h3-6,19,21H,1-2H3. The molecule has 11 heteroatoms. The van der Waals surface area contributed by atoms with Gasteiger partial charge in [0.25, 0.3) is 0 Å². The van der Waals surface area contributed by atoms with Crippen LogP contribution in [-0.2, 0) is 7.05 Å². The zero-order valence-corrected chi connectivity index (χ0v) is 14.5. The Balaban J connectivity index is 2.00. The first kappa shape index (κ1) is 17.2. The van der Waals surface area contributed by atoms with E-state index in [0.29, 0.717) is 22.1 Å². The molecule has 0 saturated carbocycles. The van der Waals surface area contributed by atoms with E-state index in [1.807, 2.05) is 6.07 Å². The van der Waals surface area contributed by atoms with Crippen LogP contribution in [0.1, 0.15) is 11.3 Å². The summed E-state index contributed by atoms with van der Waals surface area (Å²) in [5.41, 5.74) is 5.03. The highest BCUT2D eigenvalue weighted by Crippen LogP contribution is 2.22. The lowest BCUT2D eigenvalue weighted by Gasteiger charge is -1.98. The highest BCUT2D eigenvalue weighted by atomic mass is 32.1. The molecule has 0 atom stereocenters. The lowest BCUT2D eigenvalue weighted by molar-refractivity contribution is 0.770. The highest BCUT2D eigenvalue weighted by Gasteiger charge is 2.09. The van der Waals surface area contributed by atoms with Crippen molar-refractivity contribution in [1.82, 2.24) is 14.2 Å². The third kappa shape index (κ3) is 3.26. The van der Waals surface area contributed by atoms with E-state index in [4.69, 9.17) is 5.26 Å². The molecule has 3 aromatic rings. The van der Waals surface area contributed by atoms with E-state index in [0.717, 1.165) is 11.5 Å². The van der Waals surface area contributed by atoms with Crippen molar-refractivity contribution in [3.8, 4) is 6.07 Å². The van der Waals surface area contributed by atoms with Crippen LogP contribution in [0.25, 0.3) is 0 Å². The summed E-state index contributed by atoms with van der Waals surface area (Å²) >= 11 is 1.06. The van der Waals surface area contributed by atoms with Gasteiger partial charge in [-0.15, -0.1) is 0 Å². The van der Waals surface area contributed by atoms with Crippen LogP contribution in [0.5, 0.6) is 0 Å². The summed E-state index contributed by atoms with van der Waals surface area (Å²) in [5, 5.41) is 21.0. The van der Waals surface area contributed by atoms with Gasteiger partial charge in [0, 0.05) is 13.1 Å². The van der Waals surface area contributed by atoms with Gasteiger partial charge in [0.2, 0.25) is 10.9 Å². The molecule has 0 fully saturated rings. The van der Waals surface area contributed by atoms with Crippen molar-refractivity contribution in [2.75, 3.05) is 10.9 Å². The summed E-state index contributed by atoms with van der Waals surface area (Å²) < 4.78 is 5.56. The van der Waals surface area contributed by atoms with Gasteiger partial charge >= 0.3 is 0 Å². The van der Waals surface area contributed by atoms with Gasteiger partial charge in [-0.25, -0.2) is 0 Å². The minimum Gasteiger partial charge on any atom is -0.287 e. The van der Waals surface area contributed by atoms with Crippen LogP contribution in [0.4, 0.5) is 10.8 Å². The maximum absolute atomic E-state index is 12.4. The number of anilines is 2. The second-order valence-corrected chi connectivity index (χ2v) is 5.91. The topological polar surface area (TPSA) is 137 Å². The van der Waals surface area contributed by atoms with Crippen LogP contribution < -0.4 is 32.4 Å². The average Bonchev–Trinajstić information content (AvgIpc) is 3.19. The fourth-order valence-corrected chi connectivity index (χ4v) is 2.71. The molecule has 2 heterocycles. The molecule has 3 rings (SSSR count). The highest BCUT2D eigenvalue weighted by molar-refractivity contribution is 7.10. The first-order valence-electron chi connectivity index (χ1n) is 7.30. The number of nitrogens with one attached hydrogen (secondary N) is 2. The Kier molecular flexibility index (Phi) is 4.68. The molecule has 0 aliphatic carbocycles. The van der Waals surface area contributed by atoms with Crippen molar-refractivity contribution in [3.05, 3.63) is 66.8 Å². The van der Waals surface area contributed by atoms with Crippen LogP contribution in [0.15, 0.2) is 44.2 Å². The van der Waals surface area contributed by atoms with Crippen LogP contribution in [-0.4, -0.2) is 14.2 Å². The Morgan fingerprint density at radius 2 is 2.04 bits per heavy atom. The number of nitriles is 1. The molecular formula is C15H12N8O2S. The molecular weight excluding hydrogens is 356 g/mol. The maximum Gasteiger partial charge on any atom is 0.237 e. The largest absolute Gasteiger partial charge is 0.287 e. The molecule has 26 heavy (non-hydrogen) atoms. The molecule has 0 bridgehead atoms. The lowest BCUT2D eigenvalue weighted by Crippen LogP contribution is -2.48. The van der Waals surface area contributed by atoms with Gasteiger partial charge in [0.05, 0.1) is 11.9 Å². The fraction of sp³-hybridized carbons (Fsp3) is 0.133. The van der Waals surface area contributed by atoms with Gasteiger partial charge in [-0.05, 0) is 30.6 Å². The Morgan fingerprint density at radius 3 is 2.73 bits per heavy atom. The van der Waals surface area contributed by atoms with E-state index in [1.54, 1.807) is 26.2 Å². The predicted molar refractivity (Wildman–Crippen MR) is 94.5 cm³/mol. The van der Waals surface area contributed by atoms with Gasteiger partial charge in [-0.1, -0.05) is 0 Å². The second-order valence-electron chi connectivity index (χ2n) is 5.13. The summed E-state index contributed by atoms with van der Waals surface area (Å²) in [6, 6.07) is 6.16. The quantitative estimate of drug-likeness (QED) is 0.593. The molecule has 0 saturated heterocycles. The Morgan fingerprint density at radius 1 is 1.23 bits per heavy atom. The molecule has 130 valence electrons. The van der Waals surface area contributed by atoms with Crippen molar-refractivity contribution in [2.24, 2.45) is 17.3 Å². The van der Waals surface area contributed by atoms with Crippen molar-refractivity contribution in [1.29, 1.82) is 5.26 Å². The zero-order valence-electron chi connectivity index (χ0n) is 13.7. The molecule has 1 aromatic carbocycles. The number of nitrogens with zero attached hydrogens (tertiary/aromatic N) is 6. The number of hydrogen-bond donors (Lipinski definition) is 2. The van der Waals surface area contributed by atoms with Crippen molar-refractivity contribution < 1.29 is 0 Å². The molecule has 0 spiro atoms. The molecule has 2 N–H and O–H groups in total. The Bertz CT molecular complexity index is 1220. The SMILES string of the molecule is Cc1nsc(NN=c2ccc(=O)c(=NNc3ccnn3C)c2=O)c1C#N. The third-order valence-electron chi connectivity index (χ3n) is 3.43. The number of aryl methyl sites for hydroxylation is 2. The zero-order chi connectivity index (χ0) is 18.7. The van der Waals surface area contributed by atoms with E-state index < -0.39 is 10.9 Å². The summed E-state index contributed by atoms with van der Waals surface area (Å²) in [5.74, 6) is 0.517. The predicted octanol–water partition coefficient (Wildman–Crippen LogP) is -0.492. The van der Waals surface area contributed by atoms with Crippen molar-refractivity contribution in [2.45, 2.75) is 6.92 Å². The molecule has 0 unspecified atom stereocenters. The number of rotatable bonds is 4. The second kappa shape index (κ2) is 7.08. The van der Waals surface area contributed by atoms with Crippen LogP contribution in [0.2, 0.25) is 0 Å². The fourth-order valence-electron chi connectivity index (χ4n) is 2.02. The van der Waals surface area contributed by atoms with Crippen molar-refractivity contribution >= 4 is 22.4 Å². The van der Waals surface area contributed by atoms with Crippen LogP contribution >= 0.6 is 11.5 Å². The first-order chi connectivity index (χ1) is 12.5. The Hall–Kier alpha value is -3.65. The molecule has 0 aliphatic heterocycles. The number of hydrogen-bond acceptors (Lipinski definition) is 10. The van der Waals surface area contributed by atoms with E-state index in [9.17, 15) is 9.59 Å². The minimum absolute atomic E-state index is 0.00917. The molecule has 0 aliphatic rings. The minimum atomic E-state index is -0.639. The Labute approximate surface area is 150 Å². The average molecular weight is 368 g/mol. The summed E-state index contributed by atoms with van der Waals surface area (Å²) in [6.07, 6.45) is 1.55. The molecule has 0 amide bonds. The number of aromatic nitrogens is 3. The number of benzene rings is 1. The van der Waals surface area contributed by atoms with Gasteiger partial charge in [-0.3, -0.25) is 25.1 Å². The van der Waals surface area contributed by atoms with Crippen LogP contribution in [0, 0.1) is 18.3 Å². The van der Waals surface area contributed by atoms with E-state index in [-0.39, 0.29) is 10.7 Å². The third-order valence-corrected chi connectivity index (χ3v) is 4.27. The van der Waals surface area contributed by atoms with Gasteiger partial charge in [-0.2, -0.15) is 24.9 Å². The van der Waals surface area contributed by atoms with E-state index in [2.05, 4.69) is 30.5 Å². The maximum atomic E-state index is 12.4. The molecule has 2 aromatic heterocycles. The van der Waals surface area contributed by atoms with E-state index >= 15 is 0 Å². The van der Waals surface area contributed by atoms with E-state index in [1.165, 1.54) is 16.8 Å². The monoisotopic (exact) mass is 368 g/mol. The van der Waals surface area contributed by atoms with Gasteiger partial charge < -0.3 is 0 Å². The first-order valence-corrected chi connectivity index (χ1v) is 8.07. The summed E-state index contributed by atoms with van der Waals surface area (Å²) in [6.45, 7) is 1.70. The van der Waals surface area contributed by atoms with Crippen molar-refractivity contribution in [3.63, 3.8) is 0 Å². The van der Waals surface area contributed by atoms with Crippen LogP contribution in [0.3, 0.4) is 0 Å². The smallest absolute Gasteiger partial charge is 0.237 e. The molecule has 10 nitrogen and oxygen atoms in total. The summed E-state index contributed by atoms with van der Waals surface area (Å²) in [7, 11) is 1.69. The molecule has 0 radical (unpaired) electrons.